The molecule has 1 aliphatic carbocycles. The van der Waals surface area contributed by atoms with E-state index in [4.69, 9.17) is 46.9 Å². The van der Waals surface area contributed by atoms with Gasteiger partial charge >= 0.3 is 0 Å². The molecular weight excluding hydrogens is 645 g/mol. The summed E-state index contributed by atoms with van der Waals surface area (Å²) in [5, 5.41) is 8.87. The molecule has 0 saturated carbocycles. The molecule has 1 heterocycles. The van der Waals surface area contributed by atoms with E-state index >= 15 is 0 Å². The second-order valence-corrected chi connectivity index (χ2v) is 11.9. The lowest BCUT2D eigenvalue weighted by Crippen LogP contribution is -3.00. The van der Waals surface area contributed by atoms with E-state index in [9.17, 15) is 14.7 Å². The number of halogens is 3. The summed E-state index contributed by atoms with van der Waals surface area (Å²) in [6.45, 7) is 2.13. The van der Waals surface area contributed by atoms with Gasteiger partial charge in [0, 0.05) is 50.7 Å². The monoisotopic (exact) mass is 691 g/mol. The van der Waals surface area contributed by atoms with Gasteiger partial charge in [0.2, 0.25) is 10.5 Å². The quantitative estimate of drug-likeness (QED) is 0.160. The van der Waals surface area contributed by atoms with Crippen molar-refractivity contribution in [1.82, 2.24) is 0 Å². The number of aliphatic hydroxyl groups is 1. The topological polar surface area (TPSA) is 101 Å². The van der Waals surface area contributed by atoms with Crippen molar-refractivity contribution in [3.63, 3.8) is 0 Å². The number of likely N-dealkylation sites (N-methyl/N-ethyl adjacent to an activating group) is 1. The van der Waals surface area contributed by atoms with E-state index in [1.165, 1.54) is 11.1 Å². The van der Waals surface area contributed by atoms with Gasteiger partial charge in [-0.25, -0.2) is 0 Å². The first kappa shape index (κ1) is 40.6. The molecule has 0 radical (unpaired) electrons. The number of quaternary nitrogens is 1. The predicted octanol–water partition coefficient (Wildman–Crippen LogP) is 3.21. The van der Waals surface area contributed by atoms with E-state index < -0.39 is 0 Å². The van der Waals surface area contributed by atoms with Crippen molar-refractivity contribution in [3.05, 3.63) is 58.8 Å². The van der Waals surface area contributed by atoms with Crippen LogP contribution in [0.1, 0.15) is 62.1 Å². The first-order chi connectivity index (χ1) is 21.1. The highest BCUT2D eigenvalue weighted by molar-refractivity contribution is 6.63. The van der Waals surface area contributed by atoms with Gasteiger partial charge in [0.1, 0.15) is 11.8 Å². The lowest BCUT2D eigenvalue weighted by Gasteiger charge is -2.47. The normalized spacial score (nSPS) is 20.6. The van der Waals surface area contributed by atoms with Crippen LogP contribution < -0.4 is 21.9 Å². The molecule has 12 heteroatoms. The van der Waals surface area contributed by atoms with Crippen LogP contribution >= 0.6 is 23.2 Å². The number of nitrogens with zero attached hydrogens (tertiary/aromatic N) is 1. The summed E-state index contributed by atoms with van der Waals surface area (Å²) in [4.78, 5) is 20.5. The molecule has 2 aliphatic rings. The Bertz CT molecular complexity index is 1180. The Balaban J connectivity index is 0.000000663. The lowest BCUT2D eigenvalue weighted by atomic mass is 9.82. The van der Waals surface area contributed by atoms with Crippen LogP contribution in [0.5, 0.6) is 11.5 Å². The van der Waals surface area contributed by atoms with Gasteiger partial charge in [-0.15, -0.1) is 0 Å². The van der Waals surface area contributed by atoms with Gasteiger partial charge < -0.3 is 45.7 Å². The van der Waals surface area contributed by atoms with Crippen LogP contribution in [0.3, 0.4) is 0 Å². The van der Waals surface area contributed by atoms with Gasteiger partial charge in [-0.2, -0.15) is 0 Å². The zero-order chi connectivity index (χ0) is 32.7. The molecule has 3 rings (SSSR count). The number of rotatable bonds is 16. The minimum absolute atomic E-state index is 0. The minimum Gasteiger partial charge on any atom is -1.00 e. The minimum atomic E-state index is -0.340. The second kappa shape index (κ2) is 20.6. The maximum Gasteiger partial charge on any atom is 0.221 e. The van der Waals surface area contributed by atoms with Crippen molar-refractivity contribution >= 4 is 33.7 Å². The Morgan fingerprint density at radius 3 is 2.02 bits per heavy atom. The van der Waals surface area contributed by atoms with Crippen LogP contribution in [0.2, 0.25) is 0 Å². The first-order valence-electron chi connectivity index (χ1n) is 14.9. The maximum absolute atomic E-state index is 10.2. The van der Waals surface area contributed by atoms with Gasteiger partial charge in [-0.3, -0.25) is 9.59 Å². The summed E-state index contributed by atoms with van der Waals surface area (Å²) in [6.07, 6.45) is 11.1. The van der Waals surface area contributed by atoms with Crippen molar-refractivity contribution in [2.24, 2.45) is 5.92 Å². The molecule has 3 atom stereocenters. The summed E-state index contributed by atoms with van der Waals surface area (Å²) < 4.78 is 28.9. The number of methoxy groups -OCH3 is 5. The SMILES string of the molecule is COC1=CC(C[C@@H]2c3cc(OC)c(OC)cc3CC[N+]2(C)CCCO)CC(OC)=C1OC.O=C(Cl)CC/C=C/CCC(=O)Cl.[Cl-]. The van der Waals surface area contributed by atoms with Crippen molar-refractivity contribution < 1.29 is 55.3 Å². The van der Waals surface area contributed by atoms with Crippen LogP contribution in [0.25, 0.3) is 0 Å². The highest BCUT2D eigenvalue weighted by Gasteiger charge is 2.41. The van der Waals surface area contributed by atoms with Crippen LogP contribution in [-0.2, 0) is 30.2 Å². The van der Waals surface area contributed by atoms with Gasteiger partial charge in [0.15, 0.2) is 23.0 Å². The number of hydrogen-bond donors (Lipinski definition) is 1. The molecule has 1 aromatic rings. The first-order valence-corrected chi connectivity index (χ1v) is 15.6. The Morgan fingerprint density at radius 2 is 1.53 bits per heavy atom. The van der Waals surface area contributed by atoms with E-state index in [-0.39, 0.29) is 41.5 Å². The summed E-state index contributed by atoms with van der Waals surface area (Å²) in [5.41, 5.74) is 2.60. The molecule has 0 aromatic heterocycles. The molecule has 254 valence electrons. The molecule has 0 spiro atoms. The highest BCUT2D eigenvalue weighted by Crippen LogP contribution is 2.45. The van der Waals surface area contributed by atoms with E-state index in [0.29, 0.717) is 37.2 Å². The van der Waals surface area contributed by atoms with E-state index in [0.717, 1.165) is 60.5 Å². The van der Waals surface area contributed by atoms with Crippen molar-refractivity contribution in [2.45, 2.75) is 57.4 Å². The van der Waals surface area contributed by atoms with Crippen molar-refractivity contribution in [3.8, 4) is 11.5 Å². The molecule has 0 amide bonds. The van der Waals surface area contributed by atoms with Crippen molar-refractivity contribution in [2.75, 3.05) is 62.3 Å². The number of benzene rings is 1. The van der Waals surface area contributed by atoms with E-state index in [2.05, 4.69) is 25.3 Å². The summed E-state index contributed by atoms with van der Waals surface area (Å²) in [7, 11) is 10.6. The Morgan fingerprint density at radius 1 is 0.933 bits per heavy atom. The zero-order valence-electron chi connectivity index (χ0n) is 27.2. The zero-order valence-corrected chi connectivity index (χ0v) is 29.5. The second-order valence-electron chi connectivity index (χ2n) is 11.0. The summed E-state index contributed by atoms with van der Waals surface area (Å²) in [5.74, 6) is 3.94. The Labute approximate surface area is 284 Å². The summed E-state index contributed by atoms with van der Waals surface area (Å²) >= 11 is 10.2. The molecule has 9 nitrogen and oxygen atoms in total. The van der Waals surface area contributed by atoms with Gasteiger partial charge in [-0.05, 0) is 65.7 Å². The van der Waals surface area contributed by atoms with E-state index in [1.807, 2.05) is 12.2 Å². The lowest BCUT2D eigenvalue weighted by molar-refractivity contribution is -0.942. The predicted molar refractivity (Wildman–Crippen MR) is 172 cm³/mol. The summed E-state index contributed by atoms with van der Waals surface area (Å²) in [6, 6.07) is 4.51. The number of ether oxygens (including phenoxy) is 5. The molecule has 1 N–H and O–H groups in total. The maximum atomic E-state index is 10.2. The average molecular weight is 693 g/mol. The smallest absolute Gasteiger partial charge is 0.221 e. The number of carbonyl (C=O) groups is 2. The van der Waals surface area contributed by atoms with Crippen LogP contribution in [-0.4, -0.2) is 82.4 Å². The average Bonchev–Trinajstić information content (AvgIpc) is 3.02. The third kappa shape index (κ3) is 12.0. The van der Waals surface area contributed by atoms with Crippen LogP contribution in [0.15, 0.2) is 47.6 Å². The van der Waals surface area contributed by atoms with Crippen LogP contribution in [0, 0.1) is 5.92 Å². The molecule has 45 heavy (non-hydrogen) atoms. The highest BCUT2D eigenvalue weighted by atomic mass is 35.5. The molecular formula is C33H48Cl3NO8. The molecule has 1 aliphatic heterocycles. The fraction of sp³-hybridized carbons (Fsp3) is 0.576. The van der Waals surface area contributed by atoms with Gasteiger partial charge in [-0.1, -0.05) is 12.2 Å². The number of allylic oxidation sites excluding steroid dienone is 4. The molecule has 0 fully saturated rings. The van der Waals surface area contributed by atoms with E-state index in [1.54, 1.807) is 35.5 Å². The fourth-order valence-electron chi connectivity index (χ4n) is 5.85. The third-order valence-corrected chi connectivity index (χ3v) is 8.54. The Hall–Kier alpha value is -2.43. The van der Waals surface area contributed by atoms with Crippen molar-refractivity contribution in [1.29, 1.82) is 0 Å². The number of carbonyl (C=O) groups excluding carboxylic acids is 2. The fourth-order valence-corrected chi connectivity index (χ4v) is 6.07. The standard InChI is InChI=1S/C25H38NO6.C8H10Cl2O2.ClH/c1-26(9-7-11-27)10-8-18-15-21(28-2)22(29-3)16-19(18)20(26)12-17-13-23(30-4)25(32-6)24(14-17)31-5;9-7(11)5-3-1-2-4-6-8(10)12;/h13,15-17,20,27H,7-12,14H2,1-6H3;1-2H,3-6H2;1H/q+1;;/p-1/b;2-1+;/t17?,20-,26?;;/m1../s1. The number of aliphatic hydroxyl groups excluding tert-OH is 1. The number of fused-ring (bicyclic) bond motifs is 1. The van der Waals surface area contributed by atoms with Gasteiger partial charge in [0.25, 0.3) is 0 Å². The Kier molecular flexibility index (Phi) is 18.6. The molecule has 0 saturated heterocycles. The van der Waals surface area contributed by atoms with Gasteiger partial charge in [0.05, 0.1) is 55.7 Å². The molecule has 1 aromatic carbocycles. The largest absolute Gasteiger partial charge is 1.00 e. The number of hydrogen-bond acceptors (Lipinski definition) is 8. The third-order valence-electron chi connectivity index (χ3n) is 8.17. The molecule has 0 bridgehead atoms. The molecule has 2 unspecified atom stereocenters. The van der Waals surface area contributed by atoms with Crippen LogP contribution in [0.4, 0.5) is 0 Å².